The van der Waals surface area contributed by atoms with Crippen LogP contribution in [0.3, 0.4) is 0 Å². The highest BCUT2D eigenvalue weighted by atomic mass is 19.4. The number of ether oxygens (including phenoxy) is 1. The van der Waals surface area contributed by atoms with Crippen molar-refractivity contribution in [2.75, 3.05) is 31.2 Å². The lowest BCUT2D eigenvalue weighted by atomic mass is 10.1. The number of hydrogen-bond acceptors (Lipinski definition) is 4. The Morgan fingerprint density at radius 1 is 1.24 bits per heavy atom. The number of H-pyrrole nitrogens is 1. The number of halogens is 3. The molecule has 3 aromatic heterocycles. The van der Waals surface area contributed by atoms with Crippen LogP contribution in [0.2, 0.25) is 0 Å². The number of imidazole rings is 1. The molecular formula is C19H19F3N5O2+. The molecule has 0 bridgehead atoms. The van der Waals surface area contributed by atoms with Crippen LogP contribution in [0, 0.1) is 0 Å². The molecule has 0 aliphatic carbocycles. The van der Waals surface area contributed by atoms with E-state index in [-0.39, 0.29) is 11.3 Å². The highest BCUT2D eigenvalue weighted by Gasteiger charge is 2.43. The van der Waals surface area contributed by atoms with Gasteiger partial charge in [0.25, 0.3) is 5.91 Å². The number of rotatable bonds is 4. The molecule has 0 radical (unpaired) electrons. The minimum Gasteiger partial charge on any atom is -0.375 e. The van der Waals surface area contributed by atoms with Gasteiger partial charge in [-0.1, -0.05) is 12.1 Å². The summed E-state index contributed by atoms with van der Waals surface area (Å²) in [7, 11) is 0. The first-order valence-corrected chi connectivity index (χ1v) is 9.08. The Morgan fingerprint density at radius 3 is 2.72 bits per heavy atom. The Hall–Kier alpha value is -3.14. The van der Waals surface area contributed by atoms with Crippen molar-refractivity contribution in [3.05, 3.63) is 60.2 Å². The van der Waals surface area contributed by atoms with Crippen LogP contribution >= 0.6 is 0 Å². The second kappa shape index (κ2) is 7.70. The smallest absolute Gasteiger partial charge is 0.375 e. The molecule has 1 saturated heterocycles. The van der Waals surface area contributed by atoms with E-state index < -0.39 is 18.1 Å². The Balaban J connectivity index is 1.69. The second-order valence-corrected chi connectivity index (χ2v) is 6.61. The Labute approximate surface area is 164 Å². The summed E-state index contributed by atoms with van der Waals surface area (Å²) in [6.07, 6.45) is -0.432. The summed E-state index contributed by atoms with van der Waals surface area (Å²) in [4.78, 5) is 21.6. The van der Waals surface area contributed by atoms with E-state index >= 15 is 0 Å². The normalized spacial score (nSPS) is 16.0. The monoisotopic (exact) mass is 406 g/mol. The quantitative estimate of drug-likeness (QED) is 0.651. The average molecular weight is 406 g/mol. The van der Waals surface area contributed by atoms with Crippen molar-refractivity contribution in [1.29, 1.82) is 0 Å². The zero-order valence-corrected chi connectivity index (χ0v) is 15.3. The van der Waals surface area contributed by atoms with Gasteiger partial charge in [-0.2, -0.15) is 13.2 Å². The van der Waals surface area contributed by atoms with Crippen LogP contribution in [0.5, 0.6) is 0 Å². The van der Waals surface area contributed by atoms with Crippen LogP contribution < -0.4 is 14.6 Å². The van der Waals surface area contributed by atoms with Gasteiger partial charge in [0.05, 0.1) is 32.5 Å². The third-order valence-corrected chi connectivity index (χ3v) is 4.74. The lowest BCUT2D eigenvalue weighted by Crippen LogP contribution is -2.41. The van der Waals surface area contributed by atoms with E-state index in [1.54, 1.807) is 28.8 Å². The van der Waals surface area contributed by atoms with Crippen LogP contribution in [-0.4, -0.2) is 48.4 Å². The Bertz CT molecular complexity index is 1000. The maximum absolute atomic E-state index is 13.6. The van der Waals surface area contributed by atoms with E-state index in [0.717, 1.165) is 6.20 Å². The van der Waals surface area contributed by atoms with Gasteiger partial charge in [-0.05, 0) is 18.2 Å². The van der Waals surface area contributed by atoms with Gasteiger partial charge < -0.3 is 10.1 Å². The standard InChI is InChI=1S/C19H18F3N5O2/c20-19(21,22)16(13-4-3-6-23-12-13)25-17(28)15-14-5-1-2-7-27(14)18(24-15)26-8-10-29-11-9-26/h1-7,12,16H,8-11H2,(H,25,28)/p+1. The zero-order chi connectivity index (χ0) is 20.4. The van der Waals surface area contributed by atoms with Crippen LogP contribution in [0.4, 0.5) is 19.1 Å². The summed E-state index contributed by atoms with van der Waals surface area (Å²) >= 11 is 0. The molecule has 0 spiro atoms. The molecule has 10 heteroatoms. The summed E-state index contributed by atoms with van der Waals surface area (Å²) in [6.45, 7) is 2.29. The van der Waals surface area contributed by atoms with Gasteiger partial charge in [0.2, 0.25) is 5.69 Å². The number of alkyl halides is 3. The lowest BCUT2D eigenvalue weighted by Gasteiger charge is -2.21. The minimum absolute atomic E-state index is 0.0604. The van der Waals surface area contributed by atoms with Gasteiger partial charge in [0.15, 0.2) is 11.6 Å². The Morgan fingerprint density at radius 2 is 2.03 bits per heavy atom. The number of pyridine rings is 2. The largest absolute Gasteiger partial charge is 0.412 e. The summed E-state index contributed by atoms with van der Waals surface area (Å²) < 4.78 is 47.9. The third kappa shape index (κ3) is 3.88. The molecule has 7 nitrogen and oxygen atoms in total. The number of carbonyl (C=O) groups excluding carboxylic acids is 1. The fourth-order valence-electron chi connectivity index (χ4n) is 3.35. The molecule has 1 amide bonds. The van der Waals surface area contributed by atoms with E-state index in [1.165, 1.54) is 18.3 Å². The molecule has 1 aliphatic heterocycles. The molecule has 152 valence electrons. The molecule has 1 fully saturated rings. The number of nitrogens with zero attached hydrogens (tertiary/aromatic N) is 3. The summed E-state index contributed by atoms with van der Waals surface area (Å²) in [6, 6.07) is 5.72. The third-order valence-electron chi connectivity index (χ3n) is 4.74. The van der Waals surface area contributed by atoms with Crippen LogP contribution in [0.15, 0.2) is 48.9 Å². The first-order chi connectivity index (χ1) is 13.9. The van der Waals surface area contributed by atoms with Gasteiger partial charge in [-0.15, -0.1) is 0 Å². The molecule has 0 saturated carbocycles. The van der Waals surface area contributed by atoms with E-state index in [9.17, 15) is 18.0 Å². The summed E-state index contributed by atoms with van der Waals surface area (Å²) in [5, 5.41) is 2.11. The summed E-state index contributed by atoms with van der Waals surface area (Å²) in [5.74, 6) is -0.224. The van der Waals surface area contributed by atoms with Crippen molar-refractivity contribution < 1.29 is 27.1 Å². The van der Waals surface area contributed by atoms with E-state index in [2.05, 4.69) is 15.3 Å². The minimum atomic E-state index is -4.67. The highest BCUT2D eigenvalue weighted by molar-refractivity contribution is 5.98. The number of anilines is 1. The van der Waals surface area contributed by atoms with Crippen molar-refractivity contribution in [2.45, 2.75) is 12.2 Å². The fourth-order valence-corrected chi connectivity index (χ4v) is 3.35. The van der Waals surface area contributed by atoms with E-state index in [0.29, 0.717) is 37.8 Å². The highest BCUT2D eigenvalue weighted by Crippen LogP contribution is 2.32. The van der Waals surface area contributed by atoms with Crippen LogP contribution in [-0.2, 0) is 4.74 Å². The SMILES string of the molecule is O=C(NC(c1cccnc1)C(F)(F)F)c1[nH]c(N2CCOCC2)[n+]2ccccc12. The second-order valence-electron chi connectivity index (χ2n) is 6.61. The van der Waals surface area contributed by atoms with Gasteiger partial charge in [-0.25, -0.2) is 9.38 Å². The predicted molar refractivity (Wildman–Crippen MR) is 97.5 cm³/mol. The molecule has 1 aliphatic rings. The topological polar surface area (TPSA) is 74.3 Å². The van der Waals surface area contributed by atoms with Crippen LogP contribution in [0.1, 0.15) is 22.1 Å². The lowest BCUT2D eigenvalue weighted by molar-refractivity contribution is -0.497. The molecular weight excluding hydrogens is 387 g/mol. The van der Waals surface area contributed by atoms with Crippen molar-refractivity contribution in [3.63, 3.8) is 0 Å². The van der Waals surface area contributed by atoms with E-state index in [1.807, 2.05) is 4.90 Å². The number of aromatic amines is 1. The number of amides is 1. The first kappa shape index (κ1) is 19.2. The number of fused-ring (bicyclic) bond motifs is 1. The molecule has 3 aromatic rings. The molecule has 1 atom stereocenters. The number of aromatic nitrogens is 3. The number of nitrogens with one attached hydrogen (secondary N) is 2. The maximum Gasteiger partial charge on any atom is 0.412 e. The summed E-state index contributed by atoms with van der Waals surface area (Å²) in [5.41, 5.74) is 0.411. The molecule has 0 aromatic carbocycles. The van der Waals surface area contributed by atoms with E-state index in [4.69, 9.17) is 4.74 Å². The number of morpholine rings is 1. The van der Waals surface area contributed by atoms with Gasteiger partial charge in [0.1, 0.15) is 0 Å². The molecule has 4 rings (SSSR count). The zero-order valence-electron chi connectivity index (χ0n) is 15.3. The predicted octanol–water partition coefficient (Wildman–Crippen LogP) is 2.02. The van der Waals surface area contributed by atoms with Crippen molar-refractivity contribution in [1.82, 2.24) is 15.3 Å². The van der Waals surface area contributed by atoms with Crippen molar-refractivity contribution in [3.8, 4) is 0 Å². The van der Waals surface area contributed by atoms with Gasteiger partial charge >= 0.3 is 12.1 Å². The van der Waals surface area contributed by atoms with Crippen molar-refractivity contribution >= 4 is 17.4 Å². The van der Waals surface area contributed by atoms with Crippen LogP contribution in [0.25, 0.3) is 5.52 Å². The number of hydrogen-bond donors (Lipinski definition) is 2. The maximum atomic E-state index is 13.6. The average Bonchev–Trinajstić information content (AvgIpc) is 3.12. The van der Waals surface area contributed by atoms with Crippen molar-refractivity contribution in [2.24, 2.45) is 0 Å². The Kier molecular flexibility index (Phi) is 5.10. The molecule has 2 N–H and O–H groups in total. The number of carbonyl (C=O) groups is 1. The molecule has 4 heterocycles. The fraction of sp³-hybridized carbons (Fsp3) is 0.316. The molecule has 29 heavy (non-hydrogen) atoms. The van der Waals surface area contributed by atoms with Gasteiger partial charge in [-0.3, -0.25) is 14.7 Å². The molecule has 1 unspecified atom stereocenters. The first-order valence-electron chi connectivity index (χ1n) is 9.08. The van der Waals surface area contributed by atoms with Gasteiger partial charge in [0, 0.05) is 18.0 Å².